The molecule has 8 heteroatoms. The molecule has 1 aliphatic heterocycles. The summed E-state index contributed by atoms with van der Waals surface area (Å²) in [6.07, 6.45) is 0. The van der Waals surface area contributed by atoms with Crippen LogP contribution < -0.4 is 0 Å². The molecule has 0 saturated carbocycles. The van der Waals surface area contributed by atoms with Gasteiger partial charge in [-0.2, -0.15) is 0 Å². The number of hydrogen-bond acceptors (Lipinski definition) is 6. The standard InChI is InChI=1S/C19H18N2O4S2/c22-18(21-9-11-27(23,24)12-10-21)15-6-2-1-5-14(15)13-26-19-20-16-7-3-4-8-17(16)25-19/h1-8H,9-13H2. The van der Waals surface area contributed by atoms with E-state index in [1.54, 1.807) is 11.0 Å². The van der Waals surface area contributed by atoms with E-state index in [1.165, 1.54) is 11.8 Å². The van der Waals surface area contributed by atoms with Crippen molar-refractivity contribution in [3.63, 3.8) is 0 Å². The molecule has 140 valence electrons. The fraction of sp³-hybridized carbons (Fsp3) is 0.263. The predicted octanol–water partition coefficient (Wildman–Crippen LogP) is 2.99. The Hall–Kier alpha value is -2.32. The Balaban J connectivity index is 1.50. The van der Waals surface area contributed by atoms with Gasteiger partial charge in [0.15, 0.2) is 15.4 Å². The zero-order chi connectivity index (χ0) is 18.9. The lowest BCUT2D eigenvalue weighted by atomic mass is 10.1. The van der Waals surface area contributed by atoms with Crippen molar-refractivity contribution in [2.75, 3.05) is 24.6 Å². The van der Waals surface area contributed by atoms with Crippen LogP contribution in [0, 0.1) is 0 Å². The Morgan fingerprint density at radius 2 is 1.78 bits per heavy atom. The molecule has 0 spiro atoms. The second-order valence-electron chi connectivity index (χ2n) is 6.34. The number of carbonyl (C=O) groups is 1. The molecule has 27 heavy (non-hydrogen) atoms. The van der Waals surface area contributed by atoms with Crippen molar-refractivity contribution >= 4 is 38.6 Å². The molecule has 0 N–H and O–H groups in total. The van der Waals surface area contributed by atoms with Crippen molar-refractivity contribution in [1.82, 2.24) is 9.88 Å². The van der Waals surface area contributed by atoms with E-state index in [4.69, 9.17) is 4.42 Å². The summed E-state index contributed by atoms with van der Waals surface area (Å²) in [7, 11) is -3.02. The maximum Gasteiger partial charge on any atom is 0.257 e. The van der Waals surface area contributed by atoms with Crippen LogP contribution in [-0.2, 0) is 15.6 Å². The third-order valence-corrected chi connectivity index (χ3v) is 6.99. The van der Waals surface area contributed by atoms with Gasteiger partial charge in [0.1, 0.15) is 5.52 Å². The molecule has 1 saturated heterocycles. The number of benzene rings is 2. The van der Waals surface area contributed by atoms with Gasteiger partial charge in [-0.15, -0.1) is 0 Å². The van der Waals surface area contributed by atoms with Gasteiger partial charge in [0.2, 0.25) is 0 Å². The SMILES string of the molecule is O=C(c1ccccc1CSc1nc2ccccc2o1)N1CCS(=O)(=O)CC1. The number of thioether (sulfide) groups is 1. The fourth-order valence-corrected chi connectivity index (χ4v) is 5.04. The molecule has 4 rings (SSSR count). The van der Waals surface area contributed by atoms with Gasteiger partial charge in [0.05, 0.1) is 11.5 Å². The van der Waals surface area contributed by atoms with Gasteiger partial charge in [-0.25, -0.2) is 13.4 Å². The fourth-order valence-electron chi connectivity index (χ4n) is 2.99. The Morgan fingerprint density at radius 1 is 1.07 bits per heavy atom. The van der Waals surface area contributed by atoms with E-state index in [0.29, 0.717) is 16.5 Å². The van der Waals surface area contributed by atoms with Gasteiger partial charge in [-0.3, -0.25) is 4.79 Å². The van der Waals surface area contributed by atoms with Crippen LogP contribution in [0.4, 0.5) is 0 Å². The summed E-state index contributed by atoms with van der Waals surface area (Å²) in [5.41, 5.74) is 3.02. The van der Waals surface area contributed by atoms with Crippen LogP contribution >= 0.6 is 11.8 Å². The number of hydrogen-bond donors (Lipinski definition) is 0. The van der Waals surface area contributed by atoms with Gasteiger partial charge < -0.3 is 9.32 Å². The Morgan fingerprint density at radius 3 is 2.56 bits per heavy atom. The number of oxazole rings is 1. The van der Waals surface area contributed by atoms with Gasteiger partial charge in [-0.05, 0) is 23.8 Å². The quantitative estimate of drug-likeness (QED) is 0.624. The van der Waals surface area contributed by atoms with Crippen LogP contribution in [0.3, 0.4) is 0 Å². The molecular weight excluding hydrogens is 384 g/mol. The summed E-state index contributed by atoms with van der Waals surface area (Å²) in [6, 6.07) is 15.0. The minimum Gasteiger partial charge on any atom is -0.431 e. The molecule has 2 heterocycles. The summed E-state index contributed by atoms with van der Waals surface area (Å²) < 4.78 is 28.9. The van der Waals surface area contributed by atoms with Crippen LogP contribution in [0.25, 0.3) is 11.1 Å². The van der Waals surface area contributed by atoms with Gasteiger partial charge in [0, 0.05) is 24.4 Å². The third kappa shape index (κ3) is 4.01. The van der Waals surface area contributed by atoms with Crippen molar-refractivity contribution in [1.29, 1.82) is 0 Å². The summed E-state index contributed by atoms with van der Waals surface area (Å²) in [5, 5.41) is 0.558. The average Bonchev–Trinajstić information content (AvgIpc) is 3.09. The minimum absolute atomic E-state index is 0.0264. The van der Waals surface area contributed by atoms with E-state index in [1.807, 2.05) is 42.5 Å². The van der Waals surface area contributed by atoms with Crippen LogP contribution in [-0.4, -0.2) is 48.8 Å². The van der Waals surface area contributed by atoms with Crippen LogP contribution in [0.2, 0.25) is 0 Å². The molecule has 1 amide bonds. The lowest BCUT2D eigenvalue weighted by molar-refractivity contribution is 0.0769. The first kappa shape index (κ1) is 18.1. The lowest BCUT2D eigenvalue weighted by Crippen LogP contribution is -2.44. The highest BCUT2D eigenvalue weighted by Gasteiger charge is 2.26. The molecule has 0 unspecified atom stereocenters. The highest BCUT2D eigenvalue weighted by molar-refractivity contribution is 7.98. The molecule has 1 aromatic heterocycles. The smallest absolute Gasteiger partial charge is 0.257 e. The zero-order valence-electron chi connectivity index (χ0n) is 14.5. The molecular formula is C19H18N2O4S2. The summed E-state index contributed by atoms with van der Waals surface area (Å²) >= 11 is 1.43. The van der Waals surface area contributed by atoms with E-state index in [2.05, 4.69) is 4.98 Å². The number of amides is 1. The van der Waals surface area contributed by atoms with Gasteiger partial charge >= 0.3 is 0 Å². The van der Waals surface area contributed by atoms with Crippen LogP contribution in [0.5, 0.6) is 0 Å². The lowest BCUT2D eigenvalue weighted by Gasteiger charge is -2.27. The largest absolute Gasteiger partial charge is 0.431 e. The summed E-state index contributed by atoms with van der Waals surface area (Å²) in [6.45, 7) is 0.488. The minimum atomic E-state index is -3.02. The Labute approximate surface area is 161 Å². The molecule has 0 atom stereocenters. The van der Waals surface area contributed by atoms with E-state index in [-0.39, 0.29) is 30.5 Å². The number of carbonyl (C=O) groups excluding carboxylic acids is 1. The van der Waals surface area contributed by atoms with Crippen molar-refractivity contribution in [2.24, 2.45) is 0 Å². The highest BCUT2D eigenvalue weighted by atomic mass is 32.2. The number of fused-ring (bicyclic) bond motifs is 1. The predicted molar refractivity (Wildman–Crippen MR) is 105 cm³/mol. The van der Waals surface area contributed by atoms with Crippen molar-refractivity contribution in [3.05, 3.63) is 59.7 Å². The van der Waals surface area contributed by atoms with Gasteiger partial charge in [-0.1, -0.05) is 42.1 Å². The highest BCUT2D eigenvalue weighted by Crippen LogP contribution is 2.27. The van der Waals surface area contributed by atoms with E-state index < -0.39 is 9.84 Å². The van der Waals surface area contributed by atoms with Crippen molar-refractivity contribution in [2.45, 2.75) is 11.0 Å². The first-order valence-electron chi connectivity index (χ1n) is 8.58. The maximum atomic E-state index is 12.9. The number of sulfone groups is 1. The normalized spacial score (nSPS) is 16.5. The molecule has 0 radical (unpaired) electrons. The Bertz CT molecular complexity index is 1040. The second-order valence-corrected chi connectivity index (χ2v) is 9.57. The first-order valence-corrected chi connectivity index (χ1v) is 11.4. The second kappa shape index (κ2) is 7.36. The number of rotatable bonds is 4. The van der Waals surface area contributed by atoms with Crippen molar-refractivity contribution in [3.8, 4) is 0 Å². The summed E-state index contributed by atoms with van der Waals surface area (Å²) in [4.78, 5) is 18.9. The molecule has 6 nitrogen and oxygen atoms in total. The molecule has 3 aromatic rings. The van der Waals surface area contributed by atoms with Crippen LogP contribution in [0.15, 0.2) is 58.2 Å². The van der Waals surface area contributed by atoms with Crippen LogP contribution in [0.1, 0.15) is 15.9 Å². The van der Waals surface area contributed by atoms with Crippen molar-refractivity contribution < 1.29 is 17.6 Å². The maximum absolute atomic E-state index is 12.9. The molecule has 2 aromatic carbocycles. The summed E-state index contributed by atoms with van der Waals surface area (Å²) in [5.74, 6) is 0.469. The molecule has 0 aliphatic carbocycles. The third-order valence-electron chi connectivity index (χ3n) is 4.50. The first-order chi connectivity index (χ1) is 13.0. The van der Waals surface area contributed by atoms with Gasteiger partial charge in [0.25, 0.3) is 11.1 Å². The van der Waals surface area contributed by atoms with E-state index in [0.717, 1.165) is 16.7 Å². The number of aromatic nitrogens is 1. The molecule has 1 fully saturated rings. The molecule has 0 bridgehead atoms. The number of nitrogens with zero attached hydrogens (tertiary/aromatic N) is 2. The topological polar surface area (TPSA) is 80.5 Å². The average molecular weight is 402 g/mol. The van der Waals surface area contributed by atoms with E-state index >= 15 is 0 Å². The number of para-hydroxylation sites is 2. The monoisotopic (exact) mass is 402 g/mol. The zero-order valence-corrected chi connectivity index (χ0v) is 16.1. The van der Waals surface area contributed by atoms with E-state index in [9.17, 15) is 13.2 Å². The Kier molecular flexibility index (Phi) is 4.92. The molecule has 1 aliphatic rings.